The summed E-state index contributed by atoms with van der Waals surface area (Å²) < 4.78 is 26.6. The van der Waals surface area contributed by atoms with Gasteiger partial charge in [-0.15, -0.1) is 11.6 Å². The summed E-state index contributed by atoms with van der Waals surface area (Å²) in [5.41, 5.74) is -0.207. The molecule has 1 rings (SSSR count). The highest BCUT2D eigenvalue weighted by molar-refractivity contribution is 6.20. The van der Waals surface area contributed by atoms with Gasteiger partial charge in [0.05, 0.1) is 6.42 Å². The Morgan fingerprint density at radius 2 is 1.89 bits per heavy atom. The van der Waals surface area contributed by atoms with Crippen molar-refractivity contribution < 1.29 is 13.6 Å². The predicted molar refractivity (Wildman–Crippen MR) is 67.6 cm³/mol. The van der Waals surface area contributed by atoms with Gasteiger partial charge in [0.2, 0.25) is 5.91 Å². The lowest BCUT2D eigenvalue weighted by Crippen LogP contribution is -2.35. The van der Waals surface area contributed by atoms with Crippen molar-refractivity contribution in [2.24, 2.45) is 0 Å². The van der Waals surface area contributed by atoms with Crippen LogP contribution >= 0.6 is 11.6 Å². The van der Waals surface area contributed by atoms with Gasteiger partial charge in [0.25, 0.3) is 0 Å². The number of rotatable bonds is 5. The molecule has 0 fully saturated rings. The zero-order valence-electron chi connectivity index (χ0n) is 10.3. The van der Waals surface area contributed by atoms with E-state index in [1.807, 2.05) is 6.92 Å². The summed E-state index contributed by atoms with van der Waals surface area (Å²) in [4.78, 5) is 11.6. The highest BCUT2D eigenvalue weighted by Gasteiger charge is 2.15. The van der Waals surface area contributed by atoms with E-state index in [0.717, 1.165) is 12.1 Å². The molecule has 0 aromatic heterocycles. The minimum Gasteiger partial charge on any atom is -0.353 e. The molecule has 1 aromatic rings. The molecule has 5 heteroatoms. The molecule has 1 amide bonds. The van der Waals surface area contributed by atoms with Crippen LogP contribution in [0.3, 0.4) is 0 Å². The van der Waals surface area contributed by atoms with Crippen LogP contribution in [0.2, 0.25) is 0 Å². The highest BCUT2D eigenvalue weighted by Crippen LogP contribution is 2.13. The zero-order valence-corrected chi connectivity index (χ0v) is 11.1. The van der Waals surface area contributed by atoms with Crippen LogP contribution in [0.1, 0.15) is 25.8 Å². The van der Waals surface area contributed by atoms with Crippen molar-refractivity contribution in [2.75, 3.05) is 0 Å². The average molecular weight is 276 g/mol. The summed E-state index contributed by atoms with van der Waals surface area (Å²) in [5.74, 6) is -1.82. The van der Waals surface area contributed by atoms with Gasteiger partial charge >= 0.3 is 0 Å². The minimum absolute atomic E-state index is 0.0644. The standard InChI is InChI=1S/C13H16ClF2NO/c1-8(14)6-9(2)17-13(18)7-10-11(15)4-3-5-12(10)16/h3-5,8-9H,6-7H2,1-2H3,(H,17,18). The van der Waals surface area contributed by atoms with Crippen LogP contribution in [0.4, 0.5) is 8.78 Å². The van der Waals surface area contributed by atoms with E-state index in [1.165, 1.54) is 6.07 Å². The van der Waals surface area contributed by atoms with Crippen molar-refractivity contribution in [1.29, 1.82) is 0 Å². The summed E-state index contributed by atoms with van der Waals surface area (Å²) in [6, 6.07) is 3.41. The Morgan fingerprint density at radius 1 is 1.33 bits per heavy atom. The maximum absolute atomic E-state index is 13.3. The van der Waals surface area contributed by atoms with Crippen LogP contribution in [0.15, 0.2) is 18.2 Å². The molecule has 0 bridgehead atoms. The number of benzene rings is 1. The third kappa shape index (κ3) is 4.61. The van der Waals surface area contributed by atoms with E-state index in [4.69, 9.17) is 11.6 Å². The van der Waals surface area contributed by atoms with Crippen molar-refractivity contribution in [3.05, 3.63) is 35.4 Å². The first kappa shape index (κ1) is 14.9. The molecule has 18 heavy (non-hydrogen) atoms. The van der Waals surface area contributed by atoms with Gasteiger partial charge in [0.1, 0.15) is 11.6 Å². The number of nitrogens with one attached hydrogen (secondary N) is 1. The van der Waals surface area contributed by atoms with Crippen molar-refractivity contribution in [3.63, 3.8) is 0 Å². The molecular formula is C13H16ClF2NO. The normalized spacial score (nSPS) is 14.1. The predicted octanol–water partition coefficient (Wildman–Crippen LogP) is 3.03. The Hall–Kier alpha value is -1.16. The fourth-order valence-corrected chi connectivity index (χ4v) is 2.00. The smallest absolute Gasteiger partial charge is 0.224 e. The van der Waals surface area contributed by atoms with Gasteiger partial charge < -0.3 is 5.32 Å². The topological polar surface area (TPSA) is 29.1 Å². The van der Waals surface area contributed by atoms with Gasteiger partial charge in [0.15, 0.2) is 0 Å². The minimum atomic E-state index is -0.705. The van der Waals surface area contributed by atoms with E-state index in [9.17, 15) is 13.6 Å². The maximum Gasteiger partial charge on any atom is 0.224 e. The van der Waals surface area contributed by atoms with Gasteiger partial charge in [0, 0.05) is 17.0 Å². The van der Waals surface area contributed by atoms with Crippen LogP contribution in [0.25, 0.3) is 0 Å². The molecule has 0 aliphatic rings. The second-order valence-electron chi connectivity index (χ2n) is 4.36. The van der Waals surface area contributed by atoms with Crippen LogP contribution < -0.4 is 5.32 Å². The third-order valence-corrected chi connectivity index (χ3v) is 2.66. The second kappa shape index (κ2) is 6.69. The molecule has 0 heterocycles. The van der Waals surface area contributed by atoms with Crippen molar-refractivity contribution >= 4 is 17.5 Å². The number of halogens is 3. The van der Waals surface area contributed by atoms with E-state index in [-0.39, 0.29) is 23.4 Å². The third-order valence-electron chi connectivity index (χ3n) is 2.48. The highest BCUT2D eigenvalue weighted by atomic mass is 35.5. The molecule has 0 saturated carbocycles. The van der Waals surface area contributed by atoms with E-state index in [1.54, 1.807) is 6.92 Å². The number of hydrogen-bond donors (Lipinski definition) is 1. The van der Waals surface area contributed by atoms with Crippen LogP contribution in [0.5, 0.6) is 0 Å². The fourth-order valence-electron chi connectivity index (χ4n) is 1.73. The molecule has 2 unspecified atom stereocenters. The quantitative estimate of drug-likeness (QED) is 0.823. The van der Waals surface area contributed by atoms with Gasteiger partial charge in [-0.3, -0.25) is 4.79 Å². The number of amides is 1. The first-order valence-electron chi connectivity index (χ1n) is 5.76. The van der Waals surface area contributed by atoms with Gasteiger partial charge in [-0.1, -0.05) is 6.07 Å². The van der Waals surface area contributed by atoms with Crippen molar-refractivity contribution in [3.8, 4) is 0 Å². The Balaban J connectivity index is 2.60. The average Bonchev–Trinajstić information content (AvgIpc) is 2.22. The van der Waals surface area contributed by atoms with Gasteiger partial charge in [-0.05, 0) is 32.4 Å². The van der Waals surface area contributed by atoms with Crippen molar-refractivity contribution in [1.82, 2.24) is 5.32 Å². The first-order chi connectivity index (χ1) is 8.40. The number of alkyl halides is 1. The molecule has 0 aliphatic carbocycles. The lowest BCUT2D eigenvalue weighted by atomic mass is 10.1. The van der Waals surface area contributed by atoms with Gasteiger partial charge in [-0.2, -0.15) is 0 Å². The Labute approximate surface area is 110 Å². The summed E-state index contributed by atoms with van der Waals surface area (Å²) >= 11 is 5.80. The lowest BCUT2D eigenvalue weighted by molar-refractivity contribution is -0.121. The zero-order chi connectivity index (χ0) is 13.7. The SMILES string of the molecule is CC(Cl)CC(C)NC(=O)Cc1c(F)cccc1F. The van der Waals surface area contributed by atoms with E-state index >= 15 is 0 Å². The molecule has 2 nitrogen and oxygen atoms in total. The molecule has 2 atom stereocenters. The molecule has 1 aromatic carbocycles. The molecule has 0 radical (unpaired) electrons. The summed E-state index contributed by atoms with van der Waals surface area (Å²) in [6.45, 7) is 3.62. The molecule has 0 aliphatic heterocycles. The van der Waals surface area contributed by atoms with Crippen LogP contribution in [0, 0.1) is 11.6 Å². The lowest BCUT2D eigenvalue weighted by Gasteiger charge is -2.15. The second-order valence-corrected chi connectivity index (χ2v) is 5.11. The van der Waals surface area contributed by atoms with Gasteiger partial charge in [-0.25, -0.2) is 8.78 Å². The number of carbonyl (C=O) groups is 1. The Morgan fingerprint density at radius 3 is 2.39 bits per heavy atom. The van der Waals surface area contributed by atoms with E-state index in [2.05, 4.69) is 5.32 Å². The summed E-state index contributed by atoms with van der Waals surface area (Å²) in [5, 5.41) is 2.59. The first-order valence-corrected chi connectivity index (χ1v) is 6.20. The maximum atomic E-state index is 13.3. The molecule has 0 spiro atoms. The van der Waals surface area contributed by atoms with Crippen LogP contribution in [-0.2, 0) is 11.2 Å². The van der Waals surface area contributed by atoms with E-state index < -0.39 is 17.5 Å². The fraction of sp³-hybridized carbons (Fsp3) is 0.462. The van der Waals surface area contributed by atoms with Crippen molar-refractivity contribution in [2.45, 2.75) is 38.1 Å². The summed E-state index contributed by atoms with van der Waals surface area (Å²) in [7, 11) is 0. The molecular weight excluding hydrogens is 260 g/mol. The van der Waals surface area contributed by atoms with Crippen LogP contribution in [-0.4, -0.2) is 17.3 Å². The largest absolute Gasteiger partial charge is 0.353 e. The molecule has 0 saturated heterocycles. The monoisotopic (exact) mass is 275 g/mol. The Bertz CT molecular complexity index is 403. The molecule has 100 valence electrons. The summed E-state index contributed by atoms with van der Waals surface area (Å²) in [6.07, 6.45) is 0.298. The number of carbonyl (C=O) groups excluding carboxylic acids is 1. The number of hydrogen-bond acceptors (Lipinski definition) is 1. The molecule has 1 N–H and O–H groups in total. The Kier molecular flexibility index (Phi) is 5.54. The van der Waals surface area contributed by atoms with E-state index in [0.29, 0.717) is 6.42 Å².